The molecule has 0 spiro atoms. The fraction of sp³-hybridized carbons (Fsp3) is 0.400. The largest absolute Gasteiger partial charge is 0.380 e. The average molecular weight is 306 g/mol. The van der Waals surface area contributed by atoms with Crippen molar-refractivity contribution in [1.29, 1.82) is 0 Å². The van der Waals surface area contributed by atoms with Crippen LogP contribution in [0.1, 0.15) is 18.5 Å². The lowest BCUT2D eigenvalue weighted by atomic mass is 10.1. The number of nitrogens with one attached hydrogen (secondary N) is 1. The summed E-state index contributed by atoms with van der Waals surface area (Å²) >= 11 is 2.30. The van der Waals surface area contributed by atoms with Gasteiger partial charge in [-0.15, -0.1) is 0 Å². The summed E-state index contributed by atoms with van der Waals surface area (Å²) in [7, 11) is 0. The van der Waals surface area contributed by atoms with E-state index in [1.807, 2.05) is 19.1 Å². The first-order valence-electron chi connectivity index (χ1n) is 4.58. The maximum absolute atomic E-state index is 5.48. The van der Waals surface area contributed by atoms with Crippen LogP contribution in [-0.4, -0.2) is 13.2 Å². The molecule has 0 fully saturated rings. The third-order valence-corrected chi connectivity index (χ3v) is 2.95. The molecule has 0 saturated carbocycles. The van der Waals surface area contributed by atoms with Gasteiger partial charge in [0.15, 0.2) is 0 Å². The van der Waals surface area contributed by atoms with Crippen molar-refractivity contribution in [3.05, 3.63) is 33.4 Å². The lowest BCUT2D eigenvalue weighted by Crippen LogP contribution is -2.31. The van der Waals surface area contributed by atoms with Crippen LogP contribution in [0.15, 0.2) is 24.3 Å². The zero-order valence-electron chi connectivity index (χ0n) is 8.16. The van der Waals surface area contributed by atoms with E-state index in [9.17, 15) is 0 Å². The normalized spacial score (nSPS) is 12.8. The second-order valence-electron chi connectivity index (χ2n) is 2.90. The number of hydrazine groups is 1. The molecule has 0 saturated heterocycles. The number of ether oxygens (including phenoxy) is 1. The second kappa shape index (κ2) is 6.34. The van der Waals surface area contributed by atoms with E-state index < -0.39 is 0 Å². The zero-order valence-corrected chi connectivity index (χ0v) is 10.3. The number of hydrogen-bond acceptors (Lipinski definition) is 3. The first-order valence-corrected chi connectivity index (χ1v) is 5.65. The van der Waals surface area contributed by atoms with Gasteiger partial charge >= 0.3 is 0 Å². The monoisotopic (exact) mass is 306 g/mol. The van der Waals surface area contributed by atoms with Crippen molar-refractivity contribution < 1.29 is 4.74 Å². The Bertz CT molecular complexity index is 281. The van der Waals surface area contributed by atoms with E-state index in [2.05, 4.69) is 40.1 Å². The van der Waals surface area contributed by atoms with Crippen LogP contribution in [0.3, 0.4) is 0 Å². The molecule has 0 heterocycles. The molecule has 14 heavy (non-hydrogen) atoms. The molecule has 1 aromatic carbocycles. The van der Waals surface area contributed by atoms with E-state index in [1.165, 1.54) is 9.13 Å². The lowest BCUT2D eigenvalue weighted by molar-refractivity contribution is 0.123. The summed E-state index contributed by atoms with van der Waals surface area (Å²) in [5, 5.41) is 0. The molecule has 0 amide bonds. The van der Waals surface area contributed by atoms with E-state index in [0.29, 0.717) is 13.2 Å². The van der Waals surface area contributed by atoms with Crippen molar-refractivity contribution in [2.24, 2.45) is 5.84 Å². The highest BCUT2D eigenvalue weighted by molar-refractivity contribution is 14.1. The molecule has 1 aromatic rings. The van der Waals surface area contributed by atoms with Crippen LogP contribution in [-0.2, 0) is 4.74 Å². The van der Waals surface area contributed by atoms with Gasteiger partial charge in [-0.05, 0) is 41.1 Å². The molecule has 3 nitrogen and oxygen atoms in total. The Morgan fingerprint density at radius 2 is 2.21 bits per heavy atom. The van der Waals surface area contributed by atoms with Crippen LogP contribution in [0.5, 0.6) is 0 Å². The van der Waals surface area contributed by atoms with Crippen LogP contribution < -0.4 is 11.3 Å². The average Bonchev–Trinajstić information content (AvgIpc) is 2.21. The Morgan fingerprint density at radius 3 is 2.79 bits per heavy atom. The highest BCUT2D eigenvalue weighted by Gasteiger charge is 2.11. The summed E-state index contributed by atoms with van der Waals surface area (Å²) in [6.07, 6.45) is 0. The molecule has 1 rings (SSSR count). The molecule has 0 aliphatic carbocycles. The molecule has 0 bridgehead atoms. The number of nitrogens with two attached hydrogens (primary N) is 1. The quantitative estimate of drug-likeness (QED) is 0.496. The minimum absolute atomic E-state index is 0.0723. The molecule has 1 unspecified atom stereocenters. The van der Waals surface area contributed by atoms with Crippen LogP contribution >= 0.6 is 22.6 Å². The molecule has 0 aliphatic heterocycles. The number of halogens is 1. The highest BCUT2D eigenvalue weighted by atomic mass is 127. The summed E-state index contributed by atoms with van der Waals surface area (Å²) in [5.41, 5.74) is 3.95. The molecule has 3 N–H and O–H groups in total. The summed E-state index contributed by atoms with van der Waals surface area (Å²) in [6, 6.07) is 8.22. The molecule has 78 valence electrons. The lowest BCUT2D eigenvalue weighted by Gasteiger charge is -2.17. The minimum Gasteiger partial charge on any atom is -0.380 e. The molecule has 4 heteroatoms. The maximum Gasteiger partial charge on any atom is 0.0704 e. The van der Waals surface area contributed by atoms with Gasteiger partial charge in [0.05, 0.1) is 12.6 Å². The van der Waals surface area contributed by atoms with Crippen molar-refractivity contribution in [3.63, 3.8) is 0 Å². The number of rotatable bonds is 5. The van der Waals surface area contributed by atoms with E-state index in [1.54, 1.807) is 0 Å². The van der Waals surface area contributed by atoms with Crippen molar-refractivity contribution in [2.75, 3.05) is 13.2 Å². The molecule has 1 atom stereocenters. The second-order valence-corrected chi connectivity index (χ2v) is 4.06. The Balaban J connectivity index is 2.73. The number of hydrogen-bond donors (Lipinski definition) is 2. The van der Waals surface area contributed by atoms with Gasteiger partial charge in [0.2, 0.25) is 0 Å². The van der Waals surface area contributed by atoms with Gasteiger partial charge < -0.3 is 4.74 Å². The SMILES string of the molecule is CCOCC(NN)c1ccccc1I. The first kappa shape index (κ1) is 11.9. The Hall–Kier alpha value is -0.170. The molecule has 0 aromatic heterocycles. The van der Waals surface area contributed by atoms with Crippen LogP contribution in [0, 0.1) is 3.57 Å². The topological polar surface area (TPSA) is 47.3 Å². The van der Waals surface area contributed by atoms with Gasteiger partial charge in [0, 0.05) is 10.2 Å². The molecule has 0 radical (unpaired) electrons. The van der Waals surface area contributed by atoms with Gasteiger partial charge in [0.1, 0.15) is 0 Å². The zero-order chi connectivity index (χ0) is 10.4. The van der Waals surface area contributed by atoms with Crippen molar-refractivity contribution in [3.8, 4) is 0 Å². The van der Waals surface area contributed by atoms with Gasteiger partial charge in [-0.25, -0.2) is 0 Å². The van der Waals surface area contributed by atoms with Crippen molar-refractivity contribution in [2.45, 2.75) is 13.0 Å². The van der Waals surface area contributed by atoms with E-state index in [4.69, 9.17) is 10.6 Å². The fourth-order valence-corrected chi connectivity index (χ4v) is 1.98. The van der Waals surface area contributed by atoms with Gasteiger partial charge in [-0.1, -0.05) is 18.2 Å². The summed E-state index contributed by atoms with van der Waals surface area (Å²) in [5.74, 6) is 5.48. The summed E-state index contributed by atoms with van der Waals surface area (Å²) in [4.78, 5) is 0. The number of benzene rings is 1. The van der Waals surface area contributed by atoms with Gasteiger partial charge in [-0.2, -0.15) is 0 Å². The Morgan fingerprint density at radius 1 is 1.50 bits per heavy atom. The van der Waals surface area contributed by atoms with Crippen molar-refractivity contribution >= 4 is 22.6 Å². The standard InChI is InChI=1S/C10H15IN2O/c1-2-14-7-10(13-12)8-5-3-4-6-9(8)11/h3-6,10,13H,2,7,12H2,1H3. The van der Waals surface area contributed by atoms with Crippen molar-refractivity contribution in [1.82, 2.24) is 5.43 Å². The predicted molar refractivity (Wildman–Crippen MR) is 65.7 cm³/mol. The molecular weight excluding hydrogens is 291 g/mol. The van der Waals surface area contributed by atoms with Crippen LogP contribution in [0.25, 0.3) is 0 Å². The maximum atomic E-state index is 5.48. The van der Waals surface area contributed by atoms with Crippen LogP contribution in [0.2, 0.25) is 0 Å². The first-order chi connectivity index (χ1) is 6.79. The van der Waals surface area contributed by atoms with Gasteiger partial charge in [0.25, 0.3) is 0 Å². The Kier molecular flexibility index (Phi) is 5.39. The third-order valence-electron chi connectivity index (χ3n) is 1.97. The molecular formula is C10H15IN2O. The van der Waals surface area contributed by atoms with E-state index >= 15 is 0 Å². The van der Waals surface area contributed by atoms with Crippen LogP contribution in [0.4, 0.5) is 0 Å². The van der Waals surface area contributed by atoms with E-state index in [-0.39, 0.29) is 6.04 Å². The fourth-order valence-electron chi connectivity index (χ4n) is 1.22. The summed E-state index contributed by atoms with van der Waals surface area (Å²) < 4.78 is 6.55. The predicted octanol–water partition coefficient (Wildman–Crippen LogP) is 1.83. The van der Waals surface area contributed by atoms with E-state index in [0.717, 1.165) is 0 Å². The minimum atomic E-state index is 0.0723. The third kappa shape index (κ3) is 3.20. The summed E-state index contributed by atoms with van der Waals surface area (Å²) in [6.45, 7) is 3.29. The highest BCUT2D eigenvalue weighted by Crippen LogP contribution is 2.19. The van der Waals surface area contributed by atoms with Gasteiger partial charge in [-0.3, -0.25) is 11.3 Å². The Labute approximate surface area is 98.1 Å². The molecule has 0 aliphatic rings. The smallest absolute Gasteiger partial charge is 0.0704 e.